The fourth-order valence-electron chi connectivity index (χ4n) is 3.70. The number of rotatable bonds is 1. The van der Waals surface area contributed by atoms with Crippen molar-refractivity contribution in [1.82, 2.24) is 4.98 Å². The molecule has 0 bridgehead atoms. The Balaban J connectivity index is 1.86. The predicted molar refractivity (Wildman–Crippen MR) is 87.3 cm³/mol. The van der Waals surface area contributed by atoms with Crippen molar-refractivity contribution in [3.8, 4) is 0 Å². The number of benzene rings is 1. The van der Waals surface area contributed by atoms with Gasteiger partial charge in [-0.1, -0.05) is 13.8 Å². The maximum atomic E-state index is 13.3. The molecule has 4 nitrogen and oxygen atoms in total. The van der Waals surface area contributed by atoms with E-state index in [1.54, 1.807) is 10.9 Å². The van der Waals surface area contributed by atoms with Crippen LogP contribution in [0.15, 0.2) is 35.1 Å². The van der Waals surface area contributed by atoms with Gasteiger partial charge in [0.25, 0.3) is 0 Å². The minimum Gasteiger partial charge on any atom is -0.362 e. The fraction of sp³-hybridized carbons (Fsp3) is 0.389. The molecule has 0 fully saturated rings. The van der Waals surface area contributed by atoms with Crippen LogP contribution in [-0.2, 0) is 25.2 Å². The number of halogens is 3. The molecular weight excluding hydrogens is 331 g/mol. The van der Waals surface area contributed by atoms with E-state index in [9.17, 15) is 13.2 Å². The molecule has 0 radical (unpaired) electrons. The van der Waals surface area contributed by atoms with Crippen LogP contribution < -0.4 is 9.64 Å². The van der Waals surface area contributed by atoms with Crippen molar-refractivity contribution in [2.24, 2.45) is 7.05 Å². The average molecular weight is 350 g/mol. The Morgan fingerprint density at radius 3 is 2.76 bits per heavy atom. The number of fused-ring (bicyclic) bond motifs is 2. The number of hydrogen-bond acceptors (Lipinski definition) is 2. The van der Waals surface area contributed by atoms with Crippen LogP contribution in [0.4, 0.5) is 18.9 Å². The van der Waals surface area contributed by atoms with Crippen molar-refractivity contribution < 1.29 is 22.4 Å². The highest BCUT2D eigenvalue weighted by atomic mass is 19.4. The van der Waals surface area contributed by atoms with Crippen molar-refractivity contribution in [1.29, 1.82) is 0 Å². The summed E-state index contributed by atoms with van der Waals surface area (Å²) in [7, 11) is 1.81. The molecule has 1 aliphatic rings. The summed E-state index contributed by atoms with van der Waals surface area (Å²) in [5.74, 6) is 0.792. The minimum absolute atomic E-state index is 0.227. The largest absolute Gasteiger partial charge is 0.416 e. The molecule has 0 saturated carbocycles. The van der Waals surface area contributed by atoms with Crippen LogP contribution in [0.1, 0.15) is 30.7 Å². The molecule has 1 aliphatic heterocycles. The summed E-state index contributed by atoms with van der Waals surface area (Å²) < 4.78 is 47.3. The molecule has 0 aliphatic carbocycles. The second kappa shape index (κ2) is 5.03. The van der Waals surface area contributed by atoms with Crippen LogP contribution in [0.2, 0.25) is 0 Å². The molecule has 25 heavy (non-hydrogen) atoms. The number of hydrogen-bond donors (Lipinski definition) is 1. The Bertz CT molecular complexity index is 952. The molecule has 0 spiro atoms. The van der Waals surface area contributed by atoms with Gasteiger partial charge in [0.15, 0.2) is 7.05 Å². The first-order chi connectivity index (χ1) is 11.6. The molecule has 1 N–H and O–H groups in total. The number of aryl methyl sites for hydroxylation is 1. The first-order valence-electron chi connectivity index (χ1n) is 8.08. The van der Waals surface area contributed by atoms with Crippen molar-refractivity contribution >= 4 is 16.6 Å². The van der Waals surface area contributed by atoms with Gasteiger partial charge in [0.05, 0.1) is 17.7 Å². The average Bonchev–Trinajstić information content (AvgIpc) is 3.10. The van der Waals surface area contributed by atoms with Gasteiger partial charge in [0.1, 0.15) is 0 Å². The molecule has 7 heteroatoms. The quantitative estimate of drug-likeness (QED) is 0.676. The van der Waals surface area contributed by atoms with E-state index in [4.69, 9.17) is 4.52 Å². The smallest absolute Gasteiger partial charge is 0.362 e. The van der Waals surface area contributed by atoms with Crippen LogP contribution in [0.3, 0.4) is 0 Å². The van der Waals surface area contributed by atoms with Crippen LogP contribution in [0.25, 0.3) is 10.9 Å². The zero-order chi connectivity index (χ0) is 18.0. The lowest BCUT2D eigenvalue weighted by molar-refractivity contribution is -0.846. The maximum Gasteiger partial charge on any atom is 0.416 e. The van der Waals surface area contributed by atoms with Crippen molar-refractivity contribution in [2.45, 2.75) is 32.0 Å². The lowest BCUT2D eigenvalue weighted by atomic mass is 9.81. The molecule has 3 heterocycles. The van der Waals surface area contributed by atoms with E-state index in [0.29, 0.717) is 24.3 Å². The van der Waals surface area contributed by atoms with Gasteiger partial charge in [0.2, 0.25) is 12.0 Å². The van der Waals surface area contributed by atoms with E-state index < -0.39 is 11.7 Å². The minimum atomic E-state index is -4.39. The van der Waals surface area contributed by atoms with Crippen LogP contribution in [-0.4, -0.2) is 11.5 Å². The Morgan fingerprint density at radius 2 is 2.04 bits per heavy atom. The predicted octanol–water partition coefficient (Wildman–Crippen LogP) is 3.90. The van der Waals surface area contributed by atoms with Crippen LogP contribution in [0.5, 0.6) is 0 Å². The molecule has 1 aromatic carbocycles. The van der Waals surface area contributed by atoms with Gasteiger partial charge in [-0.3, -0.25) is 0 Å². The van der Waals surface area contributed by atoms with Crippen LogP contribution in [0, 0.1) is 0 Å². The van der Waals surface area contributed by atoms with Crippen molar-refractivity contribution in [3.05, 3.63) is 47.5 Å². The molecular formula is C18H19F3N3O+. The van der Waals surface area contributed by atoms with Crippen molar-refractivity contribution in [3.63, 3.8) is 0 Å². The highest BCUT2D eigenvalue weighted by Gasteiger charge is 2.39. The zero-order valence-electron chi connectivity index (χ0n) is 14.2. The van der Waals surface area contributed by atoms with Gasteiger partial charge < -0.3 is 9.88 Å². The Kier molecular flexibility index (Phi) is 3.23. The second-order valence-electron chi connectivity index (χ2n) is 7.28. The molecule has 132 valence electrons. The van der Waals surface area contributed by atoms with Gasteiger partial charge in [0, 0.05) is 34.7 Å². The summed E-state index contributed by atoms with van der Waals surface area (Å²) in [5.41, 5.74) is 1.28. The molecule has 0 atom stereocenters. The van der Waals surface area contributed by atoms with Gasteiger partial charge >= 0.3 is 6.18 Å². The Morgan fingerprint density at radius 1 is 1.28 bits per heavy atom. The molecule has 0 saturated heterocycles. The molecule has 2 aromatic heterocycles. The van der Waals surface area contributed by atoms with E-state index >= 15 is 0 Å². The number of aromatic nitrogens is 2. The Hall–Kier alpha value is -2.44. The van der Waals surface area contributed by atoms with E-state index in [1.807, 2.05) is 24.2 Å². The van der Waals surface area contributed by atoms with Crippen molar-refractivity contribution in [2.75, 3.05) is 11.4 Å². The Labute approximate surface area is 142 Å². The highest BCUT2D eigenvalue weighted by Crippen LogP contribution is 2.40. The number of nitrogens with zero attached hydrogens (tertiary/aromatic N) is 2. The molecule has 3 aromatic rings. The van der Waals surface area contributed by atoms with E-state index in [1.165, 1.54) is 6.07 Å². The third-order valence-electron chi connectivity index (χ3n) is 4.83. The third kappa shape index (κ3) is 2.58. The highest BCUT2D eigenvalue weighted by molar-refractivity contribution is 5.93. The fourth-order valence-corrected chi connectivity index (χ4v) is 3.70. The SMILES string of the molecule is C[n+]1cc2c(o1)CN(c1cc(C(F)(F)F)cc3[nH]ccc13)CC2(C)C. The van der Waals surface area contributed by atoms with Gasteiger partial charge in [-0.05, 0) is 22.9 Å². The zero-order valence-corrected chi connectivity index (χ0v) is 14.2. The van der Waals surface area contributed by atoms with Gasteiger partial charge in [-0.2, -0.15) is 13.2 Å². The lowest BCUT2D eigenvalue weighted by Gasteiger charge is -2.37. The molecule has 4 rings (SSSR count). The summed E-state index contributed by atoms with van der Waals surface area (Å²) >= 11 is 0. The monoisotopic (exact) mass is 350 g/mol. The summed E-state index contributed by atoms with van der Waals surface area (Å²) in [4.78, 5) is 4.87. The summed E-state index contributed by atoms with van der Waals surface area (Å²) in [5, 5.41) is 0.781. The maximum absolute atomic E-state index is 13.3. The first-order valence-corrected chi connectivity index (χ1v) is 8.08. The lowest BCUT2D eigenvalue weighted by Crippen LogP contribution is -2.41. The first kappa shape index (κ1) is 16.1. The number of nitrogens with one attached hydrogen (secondary N) is 1. The third-order valence-corrected chi connectivity index (χ3v) is 4.83. The number of alkyl halides is 3. The number of aromatic amines is 1. The number of anilines is 1. The summed E-state index contributed by atoms with van der Waals surface area (Å²) in [6.07, 6.45) is -0.770. The summed E-state index contributed by atoms with van der Waals surface area (Å²) in [6.45, 7) is 5.22. The topological polar surface area (TPSA) is 36.0 Å². The van der Waals surface area contributed by atoms with Crippen LogP contribution >= 0.6 is 0 Å². The molecule has 0 amide bonds. The van der Waals surface area contributed by atoms with Gasteiger partial charge in [-0.25, -0.2) is 4.52 Å². The second-order valence-corrected chi connectivity index (χ2v) is 7.28. The molecule has 0 unspecified atom stereocenters. The normalized spacial score (nSPS) is 17.1. The van der Waals surface area contributed by atoms with Gasteiger partial charge in [-0.15, -0.1) is 0 Å². The standard InChI is InChI=1S/C18H19F3N3O/c1-17(2)10-24(9-16-13(17)8-23(3)25-16)15-7-11(18(19,20)21)6-14-12(15)4-5-22-14/h4-8,22H,9-10H2,1-3H3/q+1. The summed E-state index contributed by atoms with van der Waals surface area (Å²) in [6, 6.07) is 4.21. The van der Waals surface area contributed by atoms with E-state index in [2.05, 4.69) is 18.8 Å². The number of H-pyrrole nitrogens is 1. The van der Waals surface area contributed by atoms with E-state index in [-0.39, 0.29) is 5.41 Å². The van der Waals surface area contributed by atoms with E-state index in [0.717, 1.165) is 22.8 Å².